The number of hydrogen-bond donors (Lipinski definition) is 1. The molecule has 25 heavy (non-hydrogen) atoms. The highest BCUT2D eigenvalue weighted by Crippen LogP contribution is 2.19. The van der Waals surface area contributed by atoms with Crippen LogP contribution in [-0.2, 0) is 13.2 Å². The summed E-state index contributed by atoms with van der Waals surface area (Å²) in [6.45, 7) is 0.503. The first-order chi connectivity index (χ1) is 12.3. The molecule has 2 aromatic heterocycles. The first-order valence-corrected chi connectivity index (χ1v) is 7.64. The monoisotopic (exact) mass is 333 g/mol. The number of nitrogens with zero attached hydrogens (tertiary/aromatic N) is 2. The molecule has 0 spiro atoms. The van der Waals surface area contributed by atoms with Crippen molar-refractivity contribution in [2.75, 3.05) is 0 Å². The summed E-state index contributed by atoms with van der Waals surface area (Å²) in [6.07, 6.45) is 3.36. The Bertz CT molecular complexity index is 898. The quantitative estimate of drug-likeness (QED) is 0.749. The average Bonchev–Trinajstić information content (AvgIpc) is 3.14. The van der Waals surface area contributed by atoms with Gasteiger partial charge >= 0.3 is 0 Å². The summed E-state index contributed by atoms with van der Waals surface area (Å²) in [5.41, 5.74) is 1.35. The number of ether oxygens (including phenoxy) is 1. The van der Waals surface area contributed by atoms with Crippen LogP contribution in [0.5, 0.6) is 5.75 Å². The summed E-state index contributed by atoms with van der Waals surface area (Å²) < 4.78 is 11.1. The Balaban J connectivity index is 1.57. The Kier molecular flexibility index (Phi) is 5.07. The first kappa shape index (κ1) is 16.3. The van der Waals surface area contributed by atoms with E-state index in [0.717, 1.165) is 5.56 Å². The van der Waals surface area contributed by atoms with E-state index >= 15 is 0 Å². The van der Waals surface area contributed by atoms with E-state index in [4.69, 9.17) is 14.4 Å². The molecule has 6 heteroatoms. The van der Waals surface area contributed by atoms with Crippen molar-refractivity contribution in [3.05, 3.63) is 83.6 Å². The third kappa shape index (κ3) is 4.24. The molecule has 0 aliphatic rings. The molecule has 6 nitrogen and oxygen atoms in total. The number of para-hydroxylation sites is 1. The van der Waals surface area contributed by atoms with Gasteiger partial charge in [-0.2, -0.15) is 5.26 Å². The third-order valence-electron chi connectivity index (χ3n) is 3.44. The highest BCUT2D eigenvalue weighted by molar-refractivity contribution is 5.91. The zero-order valence-electron chi connectivity index (χ0n) is 13.3. The van der Waals surface area contributed by atoms with Gasteiger partial charge in [-0.15, -0.1) is 0 Å². The van der Waals surface area contributed by atoms with Gasteiger partial charge in [0.15, 0.2) is 5.76 Å². The molecular weight excluding hydrogens is 318 g/mol. The maximum absolute atomic E-state index is 12.1. The number of benzene rings is 1. The van der Waals surface area contributed by atoms with Crippen LogP contribution in [-0.4, -0.2) is 10.9 Å². The molecule has 0 bridgehead atoms. The van der Waals surface area contributed by atoms with Gasteiger partial charge < -0.3 is 14.5 Å². The lowest BCUT2D eigenvalue weighted by Crippen LogP contribution is -2.22. The second kappa shape index (κ2) is 7.79. The summed E-state index contributed by atoms with van der Waals surface area (Å²) in [7, 11) is 0. The number of carbonyl (C=O) groups excluding carboxylic acids is 1. The molecule has 0 fully saturated rings. The summed E-state index contributed by atoms with van der Waals surface area (Å²) in [6, 6.07) is 16.0. The van der Waals surface area contributed by atoms with Gasteiger partial charge in [0.2, 0.25) is 0 Å². The lowest BCUT2D eigenvalue weighted by molar-refractivity contribution is 0.0919. The largest absolute Gasteiger partial charge is 0.484 e. The average molecular weight is 333 g/mol. The number of nitriles is 1. The number of pyridine rings is 1. The Hall–Kier alpha value is -3.59. The van der Waals surface area contributed by atoms with Crippen LogP contribution in [0.1, 0.15) is 27.4 Å². The lowest BCUT2D eigenvalue weighted by atomic mass is 10.2. The van der Waals surface area contributed by atoms with Crippen molar-refractivity contribution in [2.24, 2.45) is 0 Å². The van der Waals surface area contributed by atoms with E-state index in [1.54, 1.807) is 48.8 Å². The molecular formula is C19H15N3O3. The molecule has 1 aromatic carbocycles. The fourth-order valence-corrected chi connectivity index (χ4v) is 2.18. The smallest absolute Gasteiger partial charge is 0.287 e. The molecule has 2 heterocycles. The van der Waals surface area contributed by atoms with Crippen molar-refractivity contribution < 1.29 is 13.9 Å². The topological polar surface area (TPSA) is 88.1 Å². The van der Waals surface area contributed by atoms with E-state index in [1.165, 1.54) is 0 Å². The Morgan fingerprint density at radius 2 is 2.08 bits per heavy atom. The van der Waals surface area contributed by atoms with Crippen LogP contribution < -0.4 is 10.1 Å². The number of carbonyl (C=O) groups is 1. The lowest BCUT2D eigenvalue weighted by Gasteiger charge is -2.05. The predicted octanol–water partition coefficient (Wildman–Crippen LogP) is 3.06. The van der Waals surface area contributed by atoms with E-state index in [9.17, 15) is 4.79 Å². The molecule has 0 saturated carbocycles. The molecule has 3 aromatic rings. The number of amides is 1. The molecule has 0 aliphatic carbocycles. The Morgan fingerprint density at radius 3 is 2.88 bits per heavy atom. The maximum atomic E-state index is 12.1. The molecule has 0 atom stereocenters. The molecule has 3 rings (SSSR count). The Labute approximate surface area is 144 Å². The Morgan fingerprint density at radius 1 is 1.20 bits per heavy atom. The normalized spacial score (nSPS) is 10.0. The van der Waals surface area contributed by atoms with Gasteiger partial charge in [-0.1, -0.05) is 18.2 Å². The number of nitrogens with one attached hydrogen (secondary N) is 1. The van der Waals surface area contributed by atoms with Crippen molar-refractivity contribution >= 4 is 5.91 Å². The molecule has 124 valence electrons. The minimum Gasteiger partial charge on any atom is -0.484 e. The van der Waals surface area contributed by atoms with E-state index in [0.29, 0.717) is 23.6 Å². The van der Waals surface area contributed by atoms with E-state index in [2.05, 4.69) is 16.4 Å². The summed E-state index contributed by atoms with van der Waals surface area (Å²) in [5, 5.41) is 11.8. The van der Waals surface area contributed by atoms with Crippen LogP contribution in [0.15, 0.2) is 65.3 Å². The van der Waals surface area contributed by atoms with Gasteiger partial charge in [-0.3, -0.25) is 9.78 Å². The standard InChI is InChI=1S/C19H15N3O3/c20-10-15-5-1-2-6-17(15)24-13-16-7-8-18(25-16)19(23)22-12-14-4-3-9-21-11-14/h1-9,11H,12-13H2,(H,22,23). The minimum absolute atomic E-state index is 0.134. The number of hydrogen-bond acceptors (Lipinski definition) is 5. The predicted molar refractivity (Wildman–Crippen MR) is 89.6 cm³/mol. The maximum Gasteiger partial charge on any atom is 0.287 e. The van der Waals surface area contributed by atoms with Crippen LogP contribution in [0.2, 0.25) is 0 Å². The van der Waals surface area contributed by atoms with E-state index < -0.39 is 0 Å². The fraction of sp³-hybridized carbons (Fsp3) is 0.105. The summed E-state index contributed by atoms with van der Waals surface area (Å²) >= 11 is 0. The van der Waals surface area contributed by atoms with Crippen molar-refractivity contribution in [1.29, 1.82) is 5.26 Å². The second-order valence-electron chi connectivity index (χ2n) is 5.21. The number of furan rings is 1. The van der Waals surface area contributed by atoms with Crippen LogP contribution in [0, 0.1) is 11.3 Å². The highest BCUT2D eigenvalue weighted by atomic mass is 16.5. The molecule has 1 amide bonds. The minimum atomic E-state index is -0.312. The second-order valence-corrected chi connectivity index (χ2v) is 5.21. The zero-order chi connectivity index (χ0) is 17.5. The van der Waals surface area contributed by atoms with Gasteiger partial charge in [0.25, 0.3) is 5.91 Å². The molecule has 0 aliphatic heterocycles. The first-order valence-electron chi connectivity index (χ1n) is 7.64. The molecule has 0 saturated heterocycles. The van der Waals surface area contributed by atoms with Crippen molar-refractivity contribution in [2.45, 2.75) is 13.2 Å². The van der Waals surface area contributed by atoms with E-state index in [1.807, 2.05) is 12.1 Å². The summed E-state index contributed by atoms with van der Waals surface area (Å²) in [5.74, 6) is 0.867. The van der Waals surface area contributed by atoms with Crippen LogP contribution >= 0.6 is 0 Å². The van der Waals surface area contributed by atoms with Gasteiger partial charge in [0.1, 0.15) is 24.2 Å². The number of aromatic nitrogens is 1. The van der Waals surface area contributed by atoms with Gasteiger partial charge in [-0.25, -0.2) is 0 Å². The van der Waals surface area contributed by atoms with Crippen LogP contribution in [0.4, 0.5) is 0 Å². The third-order valence-corrected chi connectivity index (χ3v) is 3.44. The van der Waals surface area contributed by atoms with Crippen molar-refractivity contribution in [3.63, 3.8) is 0 Å². The molecule has 1 N–H and O–H groups in total. The molecule has 0 unspecified atom stereocenters. The van der Waals surface area contributed by atoms with Gasteiger partial charge in [0, 0.05) is 18.9 Å². The van der Waals surface area contributed by atoms with Crippen molar-refractivity contribution in [1.82, 2.24) is 10.3 Å². The van der Waals surface area contributed by atoms with Crippen LogP contribution in [0.25, 0.3) is 0 Å². The SMILES string of the molecule is N#Cc1ccccc1OCc1ccc(C(=O)NCc2cccnc2)o1. The zero-order valence-corrected chi connectivity index (χ0v) is 13.3. The van der Waals surface area contributed by atoms with Crippen LogP contribution in [0.3, 0.4) is 0 Å². The number of rotatable bonds is 6. The van der Waals surface area contributed by atoms with Gasteiger partial charge in [-0.05, 0) is 35.9 Å². The van der Waals surface area contributed by atoms with Crippen molar-refractivity contribution in [3.8, 4) is 11.8 Å². The highest BCUT2D eigenvalue weighted by Gasteiger charge is 2.12. The van der Waals surface area contributed by atoms with E-state index in [-0.39, 0.29) is 18.3 Å². The summed E-state index contributed by atoms with van der Waals surface area (Å²) in [4.78, 5) is 16.1. The molecule has 0 radical (unpaired) electrons. The van der Waals surface area contributed by atoms with Gasteiger partial charge in [0.05, 0.1) is 5.56 Å². The fourth-order valence-electron chi connectivity index (χ4n) is 2.18.